The summed E-state index contributed by atoms with van der Waals surface area (Å²) >= 11 is 5.80. The Morgan fingerprint density at radius 1 is 1.17 bits per heavy atom. The van der Waals surface area contributed by atoms with Gasteiger partial charge in [-0.05, 0) is 6.07 Å². The molecule has 0 saturated heterocycles. The summed E-state index contributed by atoms with van der Waals surface area (Å²) in [5, 5.41) is 18.9. The van der Waals surface area contributed by atoms with Crippen molar-refractivity contribution in [1.29, 1.82) is 0 Å². The summed E-state index contributed by atoms with van der Waals surface area (Å²) in [6.07, 6.45) is 0.620. The van der Waals surface area contributed by atoms with Crippen LogP contribution in [0.1, 0.15) is 10.4 Å². The van der Waals surface area contributed by atoms with Crippen LogP contribution in [0, 0.1) is 23.3 Å². The highest BCUT2D eigenvalue weighted by atomic mass is 35.5. The Morgan fingerprint density at radius 3 is 2.48 bits per heavy atom. The molecule has 0 aliphatic rings. The third kappa shape index (κ3) is 3.49. The summed E-state index contributed by atoms with van der Waals surface area (Å²) in [7, 11) is 0. The highest BCUT2D eigenvalue weighted by Gasteiger charge is 2.24. The molecule has 0 unspecified atom stereocenters. The van der Waals surface area contributed by atoms with E-state index in [-0.39, 0.29) is 6.54 Å². The summed E-state index contributed by atoms with van der Waals surface area (Å²) in [5.74, 6) is -8.51. The number of aromatic carboxylic acids is 1. The first-order chi connectivity index (χ1) is 13.7. The number of rotatable bonds is 5. The van der Waals surface area contributed by atoms with Gasteiger partial charge in [0.15, 0.2) is 34.9 Å². The lowest BCUT2D eigenvalue weighted by Gasteiger charge is -2.16. The number of aliphatic hydroxyl groups excluding tert-OH is 1. The van der Waals surface area contributed by atoms with Crippen molar-refractivity contribution in [3.63, 3.8) is 0 Å². The van der Waals surface area contributed by atoms with Gasteiger partial charge in [-0.25, -0.2) is 27.3 Å². The van der Waals surface area contributed by atoms with Crippen LogP contribution in [0.5, 0.6) is 0 Å². The Kier molecular flexibility index (Phi) is 5.44. The van der Waals surface area contributed by atoms with Gasteiger partial charge in [-0.2, -0.15) is 0 Å². The Bertz CT molecular complexity index is 1220. The van der Waals surface area contributed by atoms with Crippen LogP contribution in [-0.4, -0.2) is 38.9 Å². The van der Waals surface area contributed by atoms with E-state index >= 15 is 0 Å². The normalized spacial score (nSPS) is 11.1. The first-order valence-corrected chi connectivity index (χ1v) is 8.22. The predicted molar refractivity (Wildman–Crippen MR) is 94.7 cm³/mol. The molecule has 1 aromatic carbocycles. The maximum absolute atomic E-state index is 14.5. The molecule has 3 rings (SSSR count). The number of pyridine rings is 2. The number of aliphatic hydroxyl groups is 1. The van der Waals surface area contributed by atoms with Crippen LogP contribution in [0.15, 0.2) is 23.1 Å². The molecule has 7 nitrogen and oxygen atoms in total. The molecule has 152 valence electrons. The lowest BCUT2D eigenvalue weighted by molar-refractivity contribution is 0.0695. The molecule has 3 N–H and O–H groups in total. The highest BCUT2D eigenvalue weighted by molar-refractivity contribution is 6.35. The molecule has 0 atom stereocenters. The molecular weight excluding hydrogens is 422 g/mol. The van der Waals surface area contributed by atoms with E-state index in [4.69, 9.17) is 16.7 Å². The van der Waals surface area contributed by atoms with E-state index in [9.17, 15) is 32.3 Å². The van der Waals surface area contributed by atoms with E-state index in [0.717, 1.165) is 0 Å². The molecule has 0 aliphatic carbocycles. The van der Waals surface area contributed by atoms with Gasteiger partial charge in [-0.3, -0.25) is 9.36 Å². The summed E-state index contributed by atoms with van der Waals surface area (Å²) in [6, 6.07) is 0.828. The predicted octanol–water partition coefficient (Wildman–Crippen LogP) is 2.70. The van der Waals surface area contributed by atoms with Gasteiger partial charge in [0.05, 0.1) is 17.5 Å². The molecular formula is C17H10ClF4N3O4. The number of hydrogen-bond acceptors (Lipinski definition) is 5. The molecule has 12 heteroatoms. The number of hydrogen-bond donors (Lipinski definition) is 3. The molecule has 0 spiro atoms. The average molecular weight is 432 g/mol. The van der Waals surface area contributed by atoms with Gasteiger partial charge in [0.25, 0.3) is 0 Å². The van der Waals surface area contributed by atoms with Gasteiger partial charge in [0, 0.05) is 18.8 Å². The number of anilines is 1. The fourth-order valence-electron chi connectivity index (χ4n) is 2.63. The molecule has 0 bridgehead atoms. The Balaban J connectivity index is 2.47. The van der Waals surface area contributed by atoms with Crippen LogP contribution in [0.3, 0.4) is 0 Å². The van der Waals surface area contributed by atoms with Crippen molar-refractivity contribution < 1.29 is 32.6 Å². The van der Waals surface area contributed by atoms with E-state index in [0.29, 0.717) is 22.9 Å². The maximum Gasteiger partial charge on any atom is 0.341 e. The second kappa shape index (κ2) is 7.68. The molecule has 0 fully saturated rings. The molecule has 0 amide bonds. The van der Waals surface area contributed by atoms with E-state index in [2.05, 4.69) is 10.3 Å². The molecule has 2 heterocycles. The number of aromatic nitrogens is 2. The minimum absolute atomic E-state index is 0.152. The van der Waals surface area contributed by atoms with Crippen LogP contribution in [0.25, 0.3) is 16.7 Å². The van der Waals surface area contributed by atoms with Gasteiger partial charge in [0.1, 0.15) is 10.6 Å². The van der Waals surface area contributed by atoms with Crippen molar-refractivity contribution >= 4 is 34.3 Å². The molecule has 0 saturated carbocycles. The fraction of sp³-hybridized carbons (Fsp3) is 0.118. The van der Waals surface area contributed by atoms with Crippen LogP contribution in [0.2, 0.25) is 5.02 Å². The molecule has 0 radical (unpaired) electrons. The number of nitrogens with zero attached hydrogens (tertiary/aromatic N) is 2. The summed E-state index contributed by atoms with van der Waals surface area (Å²) < 4.78 is 56.8. The number of halogens is 5. The van der Waals surface area contributed by atoms with Crippen LogP contribution in [-0.2, 0) is 0 Å². The van der Waals surface area contributed by atoms with Crippen molar-refractivity contribution in [2.24, 2.45) is 0 Å². The van der Waals surface area contributed by atoms with E-state index < -0.39 is 74.4 Å². The van der Waals surface area contributed by atoms with Gasteiger partial charge in [-0.1, -0.05) is 11.6 Å². The van der Waals surface area contributed by atoms with Crippen molar-refractivity contribution in [2.75, 3.05) is 18.5 Å². The van der Waals surface area contributed by atoms with Crippen molar-refractivity contribution in [1.82, 2.24) is 9.55 Å². The molecule has 3 aromatic rings. The number of fused-ring (bicyclic) bond motifs is 1. The Morgan fingerprint density at radius 2 is 1.86 bits per heavy atom. The molecule has 2 aromatic heterocycles. The zero-order valence-electron chi connectivity index (χ0n) is 14.1. The van der Waals surface area contributed by atoms with Crippen LogP contribution < -0.4 is 10.7 Å². The van der Waals surface area contributed by atoms with E-state index in [1.165, 1.54) is 0 Å². The maximum atomic E-state index is 14.5. The standard InChI is InChI=1S/C17H10ClF4N3O4/c18-11-12(22)8(19)3-6-13(11)25(5-7(14(6)27)17(28)29)16-10(21)4-9(20)15(24-16)23-1-2-26/h3-5,26H,1-2H2,(H,23,24)(H,28,29). The van der Waals surface area contributed by atoms with Crippen molar-refractivity contribution in [2.45, 2.75) is 0 Å². The van der Waals surface area contributed by atoms with Gasteiger partial charge in [-0.15, -0.1) is 0 Å². The quantitative estimate of drug-likeness (QED) is 0.424. The molecule has 29 heavy (non-hydrogen) atoms. The lowest BCUT2D eigenvalue weighted by atomic mass is 10.1. The topological polar surface area (TPSA) is 104 Å². The third-order valence-corrected chi connectivity index (χ3v) is 4.24. The van der Waals surface area contributed by atoms with E-state index in [1.807, 2.05) is 0 Å². The smallest absolute Gasteiger partial charge is 0.341 e. The van der Waals surface area contributed by atoms with Gasteiger partial charge < -0.3 is 15.5 Å². The van der Waals surface area contributed by atoms with Crippen molar-refractivity contribution in [3.05, 3.63) is 62.4 Å². The minimum Gasteiger partial charge on any atom is -0.477 e. The largest absolute Gasteiger partial charge is 0.477 e. The first-order valence-electron chi connectivity index (χ1n) is 7.84. The number of carboxylic acids is 1. The summed E-state index contributed by atoms with van der Waals surface area (Å²) in [4.78, 5) is 27.4. The summed E-state index contributed by atoms with van der Waals surface area (Å²) in [6.45, 7) is -0.560. The highest BCUT2D eigenvalue weighted by Crippen LogP contribution is 2.30. The Hall–Kier alpha value is -3.18. The Labute approximate surface area is 163 Å². The lowest BCUT2D eigenvalue weighted by Crippen LogP contribution is -2.20. The number of nitrogens with one attached hydrogen (secondary N) is 1. The zero-order valence-corrected chi connectivity index (χ0v) is 14.9. The monoisotopic (exact) mass is 431 g/mol. The number of carbonyl (C=O) groups is 1. The summed E-state index contributed by atoms with van der Waals surface area (Å²) in [5.41, 5.74) is -2.66. The number of carboxylic acid groups (broad SMARTS) is 1. The van der Waals surface area contributed by atoms with Crippen molar-refractivity contribution in [3.8, 4) is 5.82 Å². The first kappa shape index (κ1) is 20.6. The fourth-order valence-corrected chi connectivity index (χ4v) is 2.92. The van der Waals surface area contributed by atoms with Crippen LogP contribution in [0.4, 0.5) is 23.4 Å². The zero-order chi connectivity index (χ0) is 21.5. The second-order valence-corrected chi connectivity index (χ2v) is 6.08. The molecule has 0 aliphatic heterocycles. The van der Waals surface area contributed by atoms with Crippen LogP contribution >= 0.6 is 11.6 Å². The minimum atomic E-state index is -1.73. The second-order valence-electron chi connectivity index (χ2n) is 5.70. The van der Waals surface area contributed by atoms with Gasteiger partial charge >= 0.3 is 5.97 Å². The van der Waals surface area contributed by atoms with E-state index in [1.54, 1.807) is 0 Å². The third-order valence-electron chi connectivity index (χ3n) is 3.90. The number of benzene rings is 1. The SMILES string of the molecule is O=C(O)c1cn(-c2nc(NCCO)c(F)cc2F)c2c(Cl)c(F)c(F)cc2c1=O. The average Bonchev–Trinajstić information content (AvgIpc) is 2.66. The van der Waals surface area contributed by atoms with Gasteiger partial charge in [0.2, 0.25) is 5.43 Å².